The highest BCUT2D eigenvalue weighted by Gasteiger charge is 2.44. The molecular formula is C35H31ClN9O10S4+. The molecule has 24 heteroatoms. The molecule has 0 amide bonds. The molecule has 3 heterocycles. The number of aliphatic hydroxyl groups excluding tert-OH is 1. The van der Waals surface area contributed by atoms with Crippen molar-refractivity contribution in [2.75, 3.05) is 35.3 Å². The molecule has 19 nitrogen and oxygen atoms in total. The number of nitrogen functional groups attached to an aromatic ring is 1. The maximum atomic E-state index is 13.9. The number of halogens is 1. The number of nitrogens with zero attached hydrogens (tertiary/aromatic N) is 6. The second-order valence-electron chi connectivity index (χ2n) is 13.8. The monoisotopic (exact) mass is 900 g/mol. The lowest BCUT2D eigenvalue weighted by Gasteiger charge is -2.29. The summed E-state index contributed by atoms with van der Waals surface area (Å²) in [5.41, 5.74) is 7.13. The molecular weight excluding hydrogens is 870 g/mol. The van der Waals surface area contributed by atoms with Gasteiger partial charge in [0.15, 0.2) is 0 Å². The smallest absolute Gasteiger partial charge is 0.294 e. The van der Waals surface area contributed by atoms with E-state index in [4.69, 9.17) is 17.3 Å². The Kier molecular flexibility index (Phi) is 10.5. The van der Waals surface area contributed by atoms with Crippen LogP contribution in [0.1, 0.15) is 24.4 Å². The maximum Gasteiger partial charge on any atom is 0.294 e. The van der Waals surface area contributed by atoms with Gasteiger partial charge in [-0.3, -0.25) is 9.35 Å². The van der Waals surface area contributed by atoms with Crippen LogP contribution in [-0.2, 0) is 51.0 Å². The molecule has 3 aromatic carbocycles. The number of rotatable bonds is 12. The van der Waals surface area contributed by atoms with Crippen LogP contribution in [0.2, 0.25) is 5.28 Å². The van der Waals surface area contributed by atoms with E-state index in [9.17, 15) is 44.5 Å². The lowest BCUT2D eigenvalue weighted by Crippen LogP contribution is -2.45. The van der Waals surface area contributed by atoms with Gasteiger partial charge in [0.25, 0.3) is 31.0 Å². The van der Waals surface area contributed by atoms with Gasteiger partial charge in [-0.2, -0.15) is 32.9 Å². The largest absolute Gasteiger partial charge is 0.506 e. The number of hydrogen-bond donors (Lipinski definition) is 5. The average molecular weight is 901 g/mol. The highest BCUT2D eigenvalue weighted by atomic mass is 35.5. The van der Waals surface area contributed by atoms with Crippen LogP contribution in [0.3, 0.4) is 0 Å². The van der Waals surface area contributed by atoms with E-state index in [1.165, 1.54) is 53.1 Å². The van der Waals surface area contributed by atoms with Crippen LogP contribution in [-0.4, -0.2) is 81.1 Å². The van der Waals surface area contributed by atoms with Gasteiger partial charge in [-0.05, 0) is 64.3 Å². The Morgan fingerprint density at radius 2 is 1.80 bits per heavy atom. The number of aliphatic imine (C=N–C) groups is 1. The number of carbonyl (C=O) groups is 1. The summed E-state index contributed by atoms with van der Waals surface area (Å²) in [6, 6.07) is 12.1. The summed E-state index contributed by atoms with van der Waals surface area (Å²) in [5, 5.41) is 15.7. The number of thiazole rings is 1. The van der Waals surface area contributed by atoms with Crippen molar-refractivity contribution in [2.45, 2.75) is 30.0 Å². The Balaban J connectivity index is 1.32. The summed E-state index contributed by atoms with van der Waals surface area (Å²) >= 11 is 6.96. The summed E-state index contributed by atoms with van der Waals surface area (Å²) in [6.07, 6.45) is 4.93. The van der Waals surface area contributed by atoms with Crippen LogP contribution in [0.5, 0.6) is 0 Å². The molecule has 0 unspecified atom stereocenters. The SMILES string of the molecule is CC1(C)C(=CC2=C(O)C(=Cc3sc4cc(N=C=O)ccc4[n+]3CS(=O)(=O)NS(C)(=O)=O)C2=O)N(CCNc2nc(N)nc(Cl)n2)c2ccc3cc(S(=O)(=O)O)ccc3c21. The fourth-order valence-electron chi connectivity index (χ4n) is 7.01. The lowest BCUT2D eigenvalue weighted by atomic mass is 9.79. The molecule has 2 aliphatic rings. The van der Waals surface area contributed by atoms with Crippen molar-refractivity contribution in [2.24, 2.45) is 4.99 Å². The minimum absolute atomic E-state index is 0.0679. The number of sulfonamides is 2. The number of fused-ring (bicyclic) bond motifs is 4. The third-order valence-corrected chi connectivity index (χ3v) is 14.3. The molecule has 1 aliphatic heterocycles. The van der Waals surface area contributed by atoms with E-state index in [2.05, 4.69) is 25.3 Å². The summed E-state index contributed by atoms with van der Waals surface area (Å²) in [6.45, 7) is 4.22. The van der Waals surface area contributed by atoms with E-state index in [1.807, 2.05) is 18.7 Å². The molecule has 0 bridgehead atoms. The van der Waals surface area contributed by atoms with Crippen LogP contribution in [0.15, 0.2) is 87.1 Å². The van der Waals surface area contributed by atoms with E-state index >= 15 is 0 Å². The van der Waals surface area contributed by atoms with Crippen LogP contribution in [0.4, 0.5) is 23.3 Å². The number of benzene rings is 3. The third-order valence-electron chi connectivity index (χ3n) is 9.37. The normalized spacial score (nSPS) is 16.8. The first-order valence-corrected chi connectivity index (χ1v) is 23.1. The van der Waals surface area contributed by atoms with Crippen molar-refractivity contribution in [3.63, 3.8) is 0 Å². The van der Waals surface area contributed by atoms with Crippen molar-refractivity contribution in [1.29, 1.82) is 0 Å². The second-order valence-corrected chi connectivity index (χ2v) is 20.3. The van der Waals surface area contributed by atoms with E-state index in [-0.39, 0.29) is 57.0 Å². The summed E-state index contributed by atoms with van der Waals surface area (Å²) < 4.78 is 86.5. The topological polar surface area (TPSA) is 285 Å². The Hall–Kier alpha value is -5.65. The summed E-state index contributed by atoms with van der Waals surface area (Å²) in [5.74, 6) is -1.87. The van der Waals surface area contributed by atoms with Crippen LogP contribution >= 0.6 is 22.9 Å². The average Bonchev–Trinajstić information content (AvgIpc) is 3.56. The van der Waals surface area contributed by atoms with Crippen molar-refractivity contribution in [1.82, 2.24) is 19.1 Å². The maximum absolute atomic E-state index is 13.9. The first-order valence-electron chi connectivity index (χ1n) is 17.0. The number of nitrogens with two attached hydrogens (primary N) is 1. The molecule has 1 aliphatic carbocycles. The van der Waals surface area contributed by atoms with Crippen molar-refractivity contribution < 1.29 is 49.1 Å². The zero-order valence-corrected chi connectivity index (χ0v) is 34.8. The molecule has 0 atom stereocenters. The van der Waals surface area contributed by atoms with Gasteiger partial charge in [0.05, 0.1) is 28.0 Å². The van der Waals surface area contributed by atoms with Gasteiger partial charge in [0.2, 0.25) is 44.6 Å². The number of hydrogen-bond acceptors (Lipinski definition) is 17. The number of nitrogens with one attached hydrogen (secondary N) is 2. The molecule has 59 heavy (non-hydrogen) atoms. The molecule has 7 rings (SSSR count). The zero-order chi connectivity index (χ0) is 42.8. The number of Topliss-reactive ketones (excluding diaryl/α,β-unsaturated/α-hetero) is 1. The number of aromatic nitrogens is 4. The standard InChI is InChI=1S/C35H30ClN9O10S4/c1-35(2)27(44(11-10-38-34-41-32(36)40-33(37)42-34)25-8-4-18-12-20(59(53,54)55)6-7-21(18)29(25)35)14-22-30(47)23(31(22)48)15-28-45(17-58(51,52)43-57(3,49)50)24-9-5-19(39-16-46)13-26(24)56-28/h4-9,12-15,43H,10-11,17H2,1-3H3,(H4-,37,38,40,41,42,47,48,53,54,55)/p+1. The molecule has 306 valence electrons. The van der Waals surface area contributed by atoms with Gasteiger partial charge >= 0.3 is 0 Å². The molecule has 0 fully saturated rings. The summed E-state index contributed by atoms with van der Waals surface area (Å²) in [4.78, 5) is 41.9. The van der Waals surface area contributed by atoms with Crippen molar-refractivity contribution in [3.8, 4) is 0 Å². The minimum Gasteiger partial charge on any atom is -0.506 e. The predicted molar refractivity (Wildman–Crippen MR) is 219 cm³/mol. The Labute approximate surface area is 345 Å². The van der Waals surface area contributed by atoms with Crippen LogP contribution < -0.4 is 24.6 Å². The molecule has 0 spiro atoms. The Morgan fingerprint density at radius 3 is 2.46 bits per heavy atom. The Bertz CT molecular complexity index is 3140. The molecule has 6 N–H and O–H groups in total. The van der Waals surface area contributed by atoms with E-state index in [0.29, 0.717) is 38.6 Å². The van der Waals surface area contributed by atoms with Crippen molar-refractivity contribution in [3.05, 3.63) is 93.1 Å². The molecule has 5 aromatic rings. The first kappa shape index (κ1) is 41.5. The van der Waals surface area contributed by atoms with Crippen molar-refractivity contribution >= 4 is 115 Å². The number of ketones is 1. The lowest BCUT2D eigenvalue weighted by molar-refractivity contribution is -0.648. The number of isocyanates is 1. The van der Waals surface area contributed by atoms with Gasteiger partial charge in [0.1, 0.15) is 10.5 Å². The highest BCUT2D eigenvalue weighted by Crippen LogP contribution is 2.52. The predicted octanol–water partition coefficient (Wildman–Crippen LogP) is 3.39. The highest BCUT2D eigenvalue weighted by molar-refractivity contribution is 8.03. The van der Waals surface area contributed by atoms with E-state index in [0.717, 1.165) is 16.9 Å². The molecule has 0 saturated heterocycles. The fourth-order valence-corrected chi connectivity index (χ4v) is 11.6. The molecule has 0 radical (unpaired) electrons. The number of aliphatic hydroxyl groups is 1. The number of allylic oxidation sites excluding steroid dienone is 4. The Morgan fingerprint density at radius 1 is 1.05 bits per heavy atom. The van der Waals surface area contributed by atoms with Gasteiger partial charge in [0, 0.05) is 42.0 Å². The fraction of sp³-hybridized carbons (Fsp3) is 0.200. The number of carbonyl (C=O) groups excluding carboxylic acids is 2. The zero-order valence-electron chi connectivity index (χ0n) is 30.8. The first-order chi connectivity index (χ1) is 27.6. The van der Waals surface area contributed by atoms with Gasteiger partial charge in [-0.15, -0.1) is 4.13 Å². The minimum atomic E-state index is -4.50. The molecule has 0 saturated carbocycles. The quantitative estimate of drug-likeness (QED) is 0.0394. The van der Waals surface area contributed by atoms with Gasteiger partial charge in [-0.1, -0.05) is 37.3 Å². The van der Waals surface area contributed by atoms with E-state index in [1.54, 1.807) is 22.3 Å². The number of anilines is 3. The van der Waals surface area contributed by atoms with Crippen LogP contribution in [0.25, 0.3) is 27.1 Å². The third kappa shape index (κ3) is 8.18. The van der Waals surface area contributed by atoms with Crippen LogP contribution in [0, 0.1) is 0 Å². The van der Waals surface area contributed by atoms with Gasteiger partial charge in [-0.25, -0.2) is 21.6 Å². The summed E-state index contributed by atoms with van der Waals surface area (Å²) in [7, 11) is -13.2. The van der Waals surface area contributed by atoms with Gasteiger partial charge < -0.3 is 21.1 Å². The second kappa shape index (κ2) is 14.9. The molecule has 2 aromatic heterocycles. The van der Waals surface area contributed by atoms with E-state index < -0.39 is 53.0 Å².